The summed E-state index contributed by atoms with van der Waals surface area (Å²) in [7, 11) is 0. The third-order valence-corrected chi connectivity index (χ3v) is 4.18. The molecule has 1 amide bonds. The van der Waals surface area contributed by atoms with E-state index >= 15 is 0 Å². The quantitative estimate of drug-likeness (QED) is 0.740. The van der Waals surface area contributed by atoms with Crippen molar-refractivity contribution in [2.75, 3.05) is 36.5 Å². The molecule has 3 aromatic rings. The maximum absolute atomic E-state index is 13.3. The number of nitrogens with one attached hydrogen (secondary N) is 1. The molecule has 1 saturated heterocycles. The molecule has 9 heteroatoms. The standard InChI is InChI=1S/C18H18FN5O3/c19-14-3-1-2-13(8-14)11-24-12-15(10-20-24)21-18(25)16-9-17(27-22-16)23-4-6-26-7-5-23/h1-3,8-10,12H,4-7,11H2,(H,21,25). The molecule has 140 valence electrons. The zero-order valence-corrected chi connectivity index (χ0v) is 14.5. The molecule has 0 spiro atoms. The van der Waals surface area contributed by atoms with Crippen LogP contribution in [0.25, 0.3) is 0 Å². The number of halogens is 1. The van der Waals surface area contributed by atoms with Crippen LogP contribution in [0.5, 0.6) is 0 Å². The van der Waals surface area contributed by atoms with E-state index < -0.39 is 0 Å². The Morgan fingerprint density at radius 2 is 2.11 bits per heavy atom. The van der Waals surface area contributed by atoms with Gasteiger partial charge in [-0.25, -0.2) is 4.39 Å². The summed E-state index contributed by atoms with van der Waals surface area (Å²) in [6.45, 7) is 3.03. The first kappa shape index (κ1) is 17.2. The first-order valence-electron chi connectivity index (χ1n) is 8.55. The van der Waals surface area contributed by atoms with Crippen LogP contribution in [0.2, 0.25) is 0 Å². The van der Waals surface area contributed by atoms with Gasteiger partial charge in [-0.05, 0) is 17.7 Å². The minimum Gasteiger partial charge on any atom is -0.378 e. The predicted octanol–water partition coefficient (Wildman–Crippen LogP) is 2.15. The number of aromatic nitrogens is 3. The third kappa shape index (κ3) is 4.14. The van der Waals surface area contributed by atoms with Crippen molar-refractivity contribution in [2.24, 2.45) is 0 Å². The summed E-state index contributed by atoms with van der Waals surface area (Å²) < 4.78 is 25.4. The number of ether oxygens (including phenoxy) is 1. The largest absolute Gasteiger partial charge is 0.378 e. The van der Waals surface area contributed by atoms with Crippen molar-refractivity contribution in [3.8, 4) is 0 Å². The monoisotopic (exact) mass is 371 g/mol. The molecule has 2 aromatic heterocycles. The Morgan fingerprint density at radius 1 is 1.26 bits per heavy atom. The van der Waals surface area contributed by atoms with E-state index in [1.54, 1.807) is 23.0 Å². The summed E-state index contributed by atoms with van der Waals surface area (Å²) in [6, 6.07) is 7.90. The van der Waals surface area contributed by atoms with Crippen molar-refractivity contribution < 1.29 is 18.4 Å². The van der Waals surface area contributed by atoms with Crippen LogP contribution >= 0.6 is 0 Å². The molecule has 8 nitrogen and oxygen atoms in total. The first-order valence-corrected chi connectivity index (χ1v) is 8.55. The Balaban J connectivity index is 1.38. The molecule has 0 unspecified atom stereocenters. The van der Waals surface area contributed by atoms with Crippen LogP contribution in [0.3, 0.4) is 0 Å². The van der Waals surface area contributed by atoms with E-state index in [1.807, 2.05) is 11.0 Å². The highest BCUT2D eigenvalue weighted by Crippen LogP contribution is 2.18. The topological polar surface area (TPSA) is 85.4 Å². The number of nitrogens with zero attached hydrogens (tertiary/aromatic N) is 4. The second-order valence-electron chi connectivity index (χ2n) is 6.16. The van der Waals surface area contributed by atoms with Gasteiger partial charge in [0, 0.05) is 25.4 Å². The molecular weight excluding hydrogens is 353 g/mol. The Labute approximate surface area is 154 Å². The SMILES string of the molecule is O=C(Nc1cnn(Cc2cccc(F)c2)c1)c1cc(N2CCOCC2)on1. The lowest BCUT2D eigenvalue weighted by Gasteiger charge is -2.25. The summed E-state index contributed by atoms with van der Waals surface area (Å²) >= 11 is 0. The second kappa shape index (κ2) is 7.58. The van der Waals surface area contributed by atoms with E-state index in [1.165, 1.54) is 18.3 Å². The highest BCUT2D eigenvalue weighted by atomic mass is 19.1. The lowest BCUT2D eigenvalue weighted by Crippen LogP contribution is -2.35. The van der Waals surface area contributed by atoms with E-state index in [-0.39, 0.29) is 17.4 Å². The van der Waals surface area contributed by atoms with Crippen LogP contribution in [0.15, 0.2) is 47.2 Å². The van der Waals surface area contributed by atoms with Gasteiger partial charge < -0.3 is 19.5 Å². The number of amides is 1. The van der Waals surface area contributed by atoms with Gasteiger partial charge in [0.15, 0.2) is 5.69 Å². The summed E-state index contributed by atoms with van der Waals surface area (Å²) in [6.07, 6.45) is 3.20. The molecule has 0 aliphatic carbocycles. The Bertz CT molecular complexity index is 932. The molecule has 0 atom stereocenters. The second-order valence-corrected chi connectivity index (χ2v) is 6.16. The molecule has 27 heavy (non-hydrogen) atoms. The van der Waals surface area contributed by atoms with Gasteiger partial charge in [0.05, 0.1) is 31.6 Å². The minimum absolute atomic E-state index is 0.189. The Hall–Kier alpha value is -3.20. The van der Waals surface area contributed by atoms with Crippen molar-refractivity contribution in [2.45, 2.75) is 6.54 Å². The van der Waals surface area contributed by atoms with Crippen LogP contribution in [0, 0.1) is 5.82 Å². The zero-order valence-electron chi connectivity index (χ0n) is 14.5. The summed E-state index contributed by atoms with van der Waals surface area (Å²) in [5, 5.41) is 10.7. The fourth-order valence-corrected chi connectivity index (χ4v) is 2.84. The molecule has 1 aromatic carbocycles. The average molecular weight is 371 g/mol. The molecule has 1 N–H and O–H groups in total. The molecule has 0 bridgehead atoms. The van der Waals surface area contributed by atoms with Crippen molar-refractivity contribution in [3.63, 3.8) is 0 Å². The number of hydrogen-bond acceptors (Lipinski definition) is 6. The Kier molecular flexibility index (Phi) is 4.84. The van der Waals surface area contributed by atoms with Gasteiger partial charge in [0.2, 0.25) is 5.88 Å². The normalized spacial score (nSPS) is 14.3. The number of rotatable bonds is 5. The zero-order chi connectivity index (χ0) is 18.6. The molecule has 3 heterocycles. The van der Waals surface area contributed by atoms with E-state index in [4.69, 9.17) is 9.26 Å². The van der Waals surface area contributed by atoms with Crippen molar-refractivity contribution in [1.82, 2.24) is 14.9 Å². The minimum atomic E-state index is -0.386. The summed E-state index contributed by atoms with van der Waals surface area (Å²) in [5.74, 6) is -0.135. The summed E-state index contributed by atoms with van der Waals surface area (Å²) in [4.78, 5) is 14.3. The number of anilines is 2. The van der Waals surface area contributed by atoms with Gasteiger partial charge in [0.25, 0.3) is 5.91 Å². The first-order chi connectivity index (χ1) is 13.2. The maximum Gasteiger partial charge on any atom is 0.278 e. The Morgan fingerprint density at radius 3 is 2.93 bits per heavy atom. The highest BCUT2D eigenvalue weighted by molar-refractivity contribution is 6.03. The number of carbonyl (C=O) groups is 1. The van der Waals surface area contributed by atoms with Gasteiger partial charge in [-0.2, -0.15) is 5.10 Å². The molecule has 0 saturated carbocycles. The van der Waals surface area contributed by atoms with E-state index in [2.05, 4.69) is 15.6 Å². The van der Waals surface area contributed by atoms with Crippen LogP contribution in [0.1, 0.15) is 16.1 Å². The van der Waals surface area contributed by atoms with Gasteiger partial charge in [-0.3, -0.25) is 9.48 Å². The molecule has 1 aliphatic rings. The fraction of sp³-hybridized carbons (Fsp3) is 0.278. The van der Waals surface area contributed by atoms with Gasteiger partial charge in [-0.15, -0.1) is 0 Å². The summed E-state index contributed by atoms with van der Waals surface area (Å²) in [5.41, 5.74) is 1.49. The number of hydrogen-bond donors (Lipinski definition) is 1. The number of morpholine rings is 1. The van der Waals surface area contributed by atoms with Gasteiger partial charge in [0.1, 0.15) is 5.82 Å². The van der Waals surface area contributed by atoms with Crippen LogP contribution < -0.4 is 10.2 Å². The number of carbonyl (C=O) groups excluding carboxylic acids is 1. The van der Waals surface area contributed by atoms with Crippen LogP contribution in [-0.4, -0.2) is 47.1 Å². The molecule has 0 radical (unpaired) electrons. The van der Waals surface area contributed by atoms with Crippen molar-refractivity contribution in [3.05, 3.63) is 59.8 Å². The van der Waals surface area contributed by atoms with E-state index in [0.29, 0.717) is 44.4 Å². The van der Waals surface area contributed by atoms with Crippen molar-refractivity contribution in [1.29, 1.82) is 0 Å². The van der Waals surface area contributed by atoms with Gasteiger partial charge >= 0.3 is 0 Å². The molecule has 1 fully saturated rings. The molecule has 4 rings (SSSR count). The molecular formula is C18H18FN5O3. The predicted molar refractivity (Wildman–Crippen MR) is 95.2 cm³/mol. The highest BCUT2D eigenvalue weighted by Gasteiger charge is 2.19. The maximum atomic E-state index is 13.3. The van der Waals surface area contributed by atoms with Gasteiger partial charge in [-0.1, -0.05) is 17.3 Å². The smallest absolute Gasteiger partial charge is 0.278 e. The lowest BCUT2D eigenvalue weighted by atomic mass is 10.2. The van der Waals surface area contributed by atoms with E-state index in [0.717, 1.165) is 5.56 Å². The van der Waals surface area contributed by atoms with Crippen molar-refractivity contribution >= 4 is 17.5 Å². The molecule has 1 aliphatic heterocycles. The van der Waals surface area contributed by atoms with E-state index in [9.17, 15) is 9.18 Å². The number of benzene rings is 1. The lowest BCUT2D eigenvalue weighted by molar-refractivity contribution is 0.101. The third-order valence-electron chi connectivity index (χ3n) is 4.18. The average Bonchev–Trinajstić information content (AvgIpc) is 3.32. The van der Waals surface area contributed by atoms with Crippen LogP contribution in [0.4, 0.5) is 16.0 Å². The fourth-order valence-electron chi connectivity index (χ4n) is 2.84. The van der Waals surface area contributed by atoms with Crippen LogP contribution in [-0.2, 0) is 11.3 Å².